The number of rotatable bonds is 8. The lowest BCUT2D eigenvalue weighted by atomic mass is 10.2. The molecule has 19 heavy (non-hydrogen) atoms. The maximum absolute atomic E-state index is 9.74. The number of hydrogen-bond acceptors (Lipinski definition) is 5. The van der Waals surface area contributed by atoms with Crippen molar-refractivity contribution in [2.75, 3.05) is 19.8 Å². The molecular formula is C14H20N2O3. The summed E-state index contributed by atoms with van der Waals surface area (Å²) in [5.74, 6) is 0.571. The number of benzene rings is 1. The fourth-order valence-electron chi connectivity index (χ4n) is 1.54. The Bertz CT molecular complexity index is 417. The van der Waals surface area contributed by atoms with Gasteiger partial charge in [-0.15, -0.1) is 0 Å². The van der Waals surface area contributed by atoms with Crippen LogP contribution in [0.4, 0.5) is 0 Å². The molecule has 0 saturated carbocycles. The van der Waals surface area contributed by atoms with Crippen molar-refractivity contribution in [1.82, 2.24) is 5.32 Å². The molecule has 3 N–H and O–H groups in total. The Balaban J connectivity index is 2.29. The monoisotopic (exact) mass is 264 g/mol. The third-order valence-corrected chi connectivity index (χ3v) is 2.67. The van der Waals surface area contributed by atoms with Crippen LogP contribution in [0.1, 0.15) is 18.9 Å². The Hall–Kier alpha value is -1.61. The van der Waals surface area contributed by atoms with E-state index in [4.69, 9.17) is 15.1 Å². The van der Waals surface area contributed by atoms with Gasteiger partial charge in [0.05, 0.1) is 11.6 Å². The first-order valence-corrected chi connectivity index (χ1v) is 6.31. The maximum atomic E-state index is 9.74. The second-order valence-electron chi connectivity index (χ2n) is 4.43. The molecule has 1 aromatic carbocycles. The van der Waals surface area contributed by atoms with Crippen molar-refractivity contribution in [3.63, 3.8) is 0 Å². The van der Waals surface area contributed by atoms with Crippen molar-refractivity contribution in [2.24, 2.45) is 0 Å². The molecule has 0 saturated heterocycles. The highest BCUT2D eigenvalue weighted by Crippen LogP contribution is 2.12. The highest BCUT2D eigenvalue weighted by Gasteiger charge is 2.08. The zero-order chi connectivity index (χ0) is 14.1. The van der Waals surface area contributed by atoms with E-state index in [0.717, 1.165) is 0 Å². The van der Waals surface area contributed by atoms with E-state index in [1.165, 1.54) is 0 Å². The van der Waals surface area contributed by atoms with Crippen LogP contribution in [-0.4, -0.2) is 42.1 Å². The Morgan fingerprint density at radius 1 is 1.47 bits per heavy atom. The molecule has 2 unspecified atom stereocenters. The van der Waals surface area contributed by atoms with Crippen LogP contribution in [0.3, 0.4) is 0 Å². The van der Waals surface area contributed by atoms with E-state index in [1.54, 1.807) is 24.3 Å². The number of ether oxygens (including phenoxy) is 1. The van der Waals surface area contributed by atoms with E-state index < -0.39 is 6.10 Å². The van der Waals surface area contributed by atoms with Crippen molar-refractivity contribution in [1.29, 1.82) is 5.26 Å². The summed E-state index contributed by atoms with van der Waals surface area (Å²) >= 11 is 0. The number of hydrogen-bond donors (Lipinski definition) is 3. The number of nitriles is 1. The quantitative estimate of drug-likeness (QED) is 0.642. The Kier molecular flexibility index (Phi) is 6.90. The van der Waals surface area contributed by atoms with Gasteiger partial charge in [-0.1, -0.05) is 6.07 Å². The van der Waals surface area contributed by atoms with Gasteiger partial charge < -0.3 is 20.3 Å². The summed E-state index contributed by atoms with van der Waals surface area (Å²) in [7, 11) is 0. The molecule has 0 fully saturated rings. The van der Waals surface area contributed by atoms with Crippen molar-refractivity contribution in [2.45, 2.75) is 25.5 Å². The molecule has 0 aliphatic rings. The molecule has 0 spiro atoms. The van der Waals surface area contributed by atoms with Gasteiger partial charge in [0.1, 0.15) is 18.5 Å². The Labute approximate surface area is 113 Å². The highest BCUT2D eigenvalue weighted by atomic mass is 16.5. The summed E-state index contributed by atoms with van der Waals surface area (Å²) in [6, 6.07) is 9.00. The van der Waals surface area contributed by atoms with E-state index >= 15 is 0 Å². The smallest absolute Gasteiger partial charge is 0.120 e. The van der Waals surface area contributed by atoms with Crippen LogP contribution < -0.4 is 10.1 Å². The van der Waals surface area contributed by atoms with E-state index in [-0.39, 0.29) is 19.3 Å². The SMILES string of the molecule is CC(CCO)NCC(O)COc1cccc(C#N)c1. The molecule has 5 heteroatoms. The fourth-order valence-corrected chi connectivity index (χ4v) is 1.54. The minimum Gasteiger partial charge on any atom is -0.491 e. The van der Waals surface area contributed by atoms with Gasteiger partial charge in [0.15, 0.2) is 0 Å². The first kappa shape index (κ1) is 15.4. The molecule has 1 rings (SSSR count). The normalized spacial score (nSPS) is 13.6. The third kappa shape index (κ3) is 6.20. The molecule has 0 amide bonds. The molecule has 0 aliphatic heterocycles. The predicted octanol–water partition coefficient (Wildman–Crippen LogP) is 0.658. The summed E-state index contributed by atoms with van der Waals surface area (Å²) in [6.07, 6.45) is 0.0181. The molecule has 0 aromatic heterocycles. The summed E-state index contributed by atoms with van der Waals surface area (Å²) in [4.78, 5) is 0. The molecule has 104 valence electrons. The largest absolute Gasteiger partial charge is 0.491 e. The average molecular weight is 264 g/mol. The van der Waals surface area contributed by atoms with Gasteiger partial charge in [-0.2, -0.15) is 5.26 Å². The summed E-state index contributed by atoms with van der Waals surface area (Å²) in [5.41, 5.74) is 0.529. The zero-order valence-electron chi connectivity index (χ0n) is 11.0. The van der Waals surface area contributed by atoms with Gasteiger partial charge in [-0.25, -0.2) is 0 Å². The third-order valence-electron chi connectivity index (χ3n) is 2.67. The van der Waals surface area contributed by atoms with Crippen LogP contribution in [0.15, 0.2) is 24.3 Å². The van der Waals surface area contributed by atoms with E-state index in [9.17, 15) is 5.11 Å². The topological polar surface area (TPSA) is 85.5 Å². The molecule has 2 atom stereocenters. The second-order valence-corrected chi connectivity index (χ2v) is 4.43. The van der Waals surface area contributed by atoms with Crippen molar-refractivity contribution in [3.8, 4) is 11.8 Å². The van der Waals surface area contributed by atoms with Crippen molar-refractivity contribution < 1.29 is 14.9 Å². The van der Waals surface area contributed by atoms with Gasteiger partial charge in [0.25, 0.3) is 0 Å². The lowest BCUT2D eigenvalue weighted by Gasteiger charge is -2.17. The molecule has 0 radical (unpaired) electrons. The van der Waals surface area contributed by atoms with Crippen LogP contribution in [-0.2, 0) is 0 Å². The van der Waals surface area contributed by atoms with Gasteiger partial charge in [-0.05, 0) is 31.5 Å². The molecular weight excluding hydrogens is 244 g/mol. The number of nitrogens with one attached hydrogen (secondary N) is 1. The minimum atomic E-state index is -0.633. The standard InChI is InChI=1S/C14H20N2O3/c1-11(5-6-17)16-9-13(18)10-19-14-4-2-3-12(7-14)8-15/h2-4,7,11,13,16-18H,5-6,9-10H2,1H3. The predicted molar refractivity (Wildman–Crippen MR) is 71.8 cm³/mol. The average Bonchev–Trinajstić information content (AvgIpc) is 2.43. The maximum Gasteiger partial charge on any atom is 0.120 e. The number of nitrogens with zero attached hydrogens (tertiary/aromatic N) is 1. The molecule has 1 aromatic rings. The lowest BCUT2D eigenvalue weighted by molar-refractivity contribution is 0.103. The van der Waals surface area contributed by atoms with E-state index in [0.29, 0.717) is 24.3 Å². The molecule has 5 nitrogen and oxygen atoms in total. The number of aliphatic hydroxyl groups is 2. The number of aliphatic hydroxyl groups excluding tert-OH is 2. The fraction of sp³-hybridized carbons (Fsp3) is 0.500. The first-order chi connectivity index (χ1) is 9.15. The van der Waals surface area contributed by atoms with E-state index in [2.05, 4.69) is 5.32 Å². The zero-order valence-corrected chi connectivity index (χ0v) is 11.0. The van der Waals surface area contributed by atoms with Crippen molar-refractivity contribution in [3.05, 3.63) is 29.8 Å². The van der Waals surface area contributed by atoms with Gasteiger partial charge in [-0.3, -0.25) is 0 Å². The molecule has 0 aliphatic carbocycles. The lowest BCUT2D eigenvalue weighted by Crippen LogP contribution is -2.37. The first-order valence-electron chi connectivity index (χ1n) is 6.31. The van der Waals surface area contributed by atoms with Crippen LogP contribution in [0, 0.1) is 11.3 Å². The minimum absolute atomic E-state index is 0.127. The Morgan fingerprint density at radius 2 is 2.26 bits per heavy atom. The van der Waals surface area contributed by atoms with Gasteiger partial charge in [0, 0.05) is 19.2 Å². The van der Waals surface area contributed by atoms with Crippen LogP contribution in [0.25, 0.3) is 0 Å². The Morgan fingerprint density at radius 3 is 2.95 bits per heavy atom. The highest BCUT2D eigenvalue weighted by molar-refractivity contribution is 5.36. The van der Waals surface area contributed by atoms with Crippen molar-refractivity contribution >= 4 is 0 Å². The molecule has 0 heterocycles. The van der Waals surface area contributed by atoms with Gasteiger partial charge >= 0.3 is 0 Å². The van der Waals surface area contributed by atoms with Crippen LogP contribution in [0.5, 0.6) is 5.75 Å². The summed E-state index contributed by atoms with van der Waals surface area (Å²) < 4.78 is 5.41. The summed E-state index contributed by atoms with van der Waals surface area (Å²) in [5, 5.41) is 30.3. The van der Waals surface area contributed by atoms with Gasteiger partial charge in [0.2, 0.25) is 0 Å². The molecule has 0 bridgehead atoms. The van der Waals surface area contributed by atoms with E-state index in [1.807, 2.05) is 13.0 Å². The summed E-state index contributed by atoms with van der Waals surface area (Å²) in [6.45, 7) is 2.63. The van der Waals surface area contributed by atoms with Crippen LogP contribution >= 0.6 is 0 Å². The second kappa shape index (κ2) is 8.48. The van der Waals surface area contributed by atoms with Crippen LogP contribution in [0.2, 0.25) is 0 Å².